The summed E-state index contributed by atoms with van der Waals surface area (Å²) in [6.45, 7) is 0. The van der Waals surface area contributed by atoms with Gasteiger partial charge in [-0.2, -0.15) is 22.8 Å². The van der Waals surface area contributed by atoms with Crippen LogP contribution in [0.25, 0.3) is 23.0 Å². The Labute approximate surface area is 171 Å². The molecule has 1 fully saturated rings. The Morgan fingerprint density at radius 1 is 1.23 bits per heavy atom. The van der Waals surface area contributed by atoms with Crippen molar-refractivity contribution in [2.24, 2.45) is 4.99 Å². The number of rotatable bonds is 3. The highest BCUT2D eigenvalue weighted by atomic mass is 19.4. The molecule has 3 aromatic heterocycles. The molecule has 0 atom stereocenters. The van der Waals surface area contributed by atoms with Gasteiger partial charge in [0.2, 0.25) is 5.88 Å². The summed E-state index contributed by atoms with van der Waals surface area (Å²) in [6, 6.07) is 6.66. The molecule has 0 unspecified atom stereocenters. The maximum Gasteiger partial charge on any atom is 0.416 e. The third-order valence-electron chi connectivity index (χ3n) is 4.86. The minimum atomic E-state index is -4.48. The second-order valence-corrected chi connectivity index (χ2v) is 7.26. The van der Waals surface area contributed by atoms with Crippen molar-refractivity contribution in [1.82, 2.24) is 24.6 Å². The van der Waals surface area contributed by atoms with Crippen molar-refractivity contribution < 1.29 is 18.3 Å². The topological polar surface area (TPSA) is 111 Å². The summed E-state index contributed by atoms with van der Waals surface area (Å²) >= 11 is 0. The number of nitrogens with one attached hydrogen (secondary N) is 2. The van der Waals surface area contributed by atoms with Crippen LogP contribution < -0.4 is 16.4 Å². The van der Waals surface area contributed by atoms with Gasteiger partial charge >= 0.3 is 11.9 Å². The number of alkyl halides is 3. The van der Waals surface area contributed by atoms with E-state index in [1.807, 2.05) is 0 Å². The van der Waals surface area contributed by atoms with Gasteiger partial charge in [-0.3, -0.25) is 9.98 Å². The van der Waals surface area contributed by atoms with Crippen LogP contribution in [0, 0.1) is 0 Å². The van der Waals surface area contributed by atoms with Gasteiger partial charge in [-0.1, -0.05) is 12.1 Å². The van der Waals surface area contributed by atoms with Crippen molar-refractivity contribution in [3.63, 3.8) is 0 Å². The molecule has 5 rings (SSSR count). The molecule has 31 heavy (non-hydrogen) atoms. The van der Waals surface area contributed by atoms with Gasteiger partial charge in [0.15, 0.2) is 11.1 Å². The molecule has 8 nitrogen and oxygen atoms in total. The summed E-state index contributed by atoms with van der Waals surface area (Å²) in [4.78, 5) is 25.2. The largest absolute Gasteiger partial charge is 0.493 e. The van der Waals surface area contributed by atoms with Gasteiger partial charge in [-0.05, 0) is 31.1 Å². The predicted molar refractivity (Wildman–Crippen MR) is 104 cm³/mol. The van der Waals surface area contributed by atoms with Crippen LogP contribution in [0.4, 0.5) is 13.2 Å². The minimum Gasteiger partial charge on any atom is -0.493 e. The van der Waals surface area contributed by atoms with Crippen LogP contribution in [-0.2, 0) is 6.18 Å². The van der Waals surface area contributed by atoms with E-state index in [0.29, 0.717) is 22.0 Å². The second-order valence-electron chi connectivity index (χ2n) is 7.26. The molecule has 158 valence electrons. The SMILES string of the molecule is O=c1[nH]c(O)c(/C=c2/cnn3c(=NC4CC4)cc(-c4cccc(C(F)(F)F)c4)nc23)[nH]1. The second kappa shape index (κ2) is 6.83. The predicted octanol–water partition coefficient (Wildman–Crippen LogP) is 1.75. The fourth-order valence-electron chi connectivity index (χ4n) is 3.20. The standard InChI is InChI=1S/C20H15F3N6O2/c21-20(22,23)12-3-1-2-10(6-12)14-8-16(25-13-4-5-13)29-17(26-14)11(9-24-29)7-15-18(30)28-19(31)27-15/h1-3,6-9,13,30H,4-5H2,(H2,27,28,31)/b11-7-,25-16?. The van der Waals surface area contributed by atoms with E-state index in [4.69, 9.17) is 0 Å². The quantitative estimate of drug-likeness (QED) is 0.462. The van der Waals surface area contributed by atoms with Crippen LogP contribution >= 0.6 is 0 Å². The average molecular weight is 428 g/mol. The summed E-state index contributed by atoms with van der Waals surface area (Å²) in [5, 5.41) is 14.6. The fraction of sp³-hybridized carbons (Fsp3) is 0.200. The van der Waals surface area contributed by atoms with Crippen LogP contribution in [0.5, 0.6) is 5.88 Å². The molecule has 0 amide bonds. The van der Waals surface area contributed by atoms with E-state index in [1.54, 1.807) is 12.1 Å². The molecule has 0 radical (unpaired) electrons. The lowest BCUT2D eigenvalue weighted by Gasteiger charge is -2.09. The van der Waals surface area contributed by atoms with E-state index >= 15 is 0 Å². The van der Waals surface area contributed by atoms with E-state index in [1.165, 1.54) is 22.9 Å². The number of aromatic amines is 2. The molecule has 0 spiro atoms. The van der Waals surface area contributed by atoms with Gasteiger partial charge in [0.1, 0.15) is 5.69 Å². The number of halogens is 3. The third-order valence-corrected chi connectivity index (χ3v) is 4.86. The van der Waals surface area contributed by atoms with E-state index in [-0.39, 0.29) is 23.2 Å². The highest BCUT2D eigenvalue weighted by Gasteiger charge is 2.30. The zero-order chi connectivity index (χ0) is 21.8. The molecule has 1 aliphatic carbocycles. The summed E-state index contributed by atoms with van der Waals surface area (Å²) in [5.74, 6) is -0.346. The van der Waals surface area contributed by atoms with Gasteiger partial charge in [0.05, 0.1) is 23.5 Å². The molecular formula is C20H15F3N6O2. The first kappa shape index (κ1) is 19.1. The number of H-pyrrole nitrogens is 2. The Balaban J connectivity index is 1.75. The number of aromatic nitrogens is 5. The van der Waals surface area contributed by atoms with E-state index in [2.05, 4.69) is 25.0 Å². The monoisotopic (exact) mass is 428 g/mol. The number of benzene rings is 1. The Kier molecular flexibility index (Phi) is 4.20. The summed E-state index contributed by atoms with van der Waals surface area (Å²) in [6.07, 6.45) is 0.339. The smallest absolute Gasteiger partial charge is 0.416 e. The Bertz CT molecular complexity index is 1480. The number of nitrogens with zero attached hydrogens (tertiary/aromatic N) is 4. The zero-order valence-electron chi connectivity index (χ0n) is 15.8. The molecule has 1 aromatic carbocycles. The van der Waals surface area contributed by atoms with Gasteiger partial charge in [-0.25, -0.2) is 9.78 Å². The van der Waals surface area contributed by atoms with Gasteiger partial charge in [0, 0.05) is 16.8 Å². The molecule has 0 bridgehead atoms. The molecule has 3 N–H and O–H groups in total. The molecule has 3 heterocycles. The van der Waals surface area contributed by atoms with Crippen LogP contribution in [0.2, 0.25) is 0 Å². The van der Waals surface area contributed by atoms with Crippen molar-refractivity contribution >= 4 is 11.7 Å². The number of hydrogen-bond donors (Lipinski definition) is 3. The zero-order valence-corrected chi connectivity index (χ0v) is 15.8. The van der Waals surface area contributed by atoms with Crippen LogP contribution in [0.3, 0.4) is 0 Å². The van der Waals surface area contributed by atoms with Crippen molar-refractivity contribution in [3.05, 3.63) is 69.0 Å². The van der Waals surface area contributed by atoms with Crippen molar-refractivity contribution in [2.45, 2.75) is 25.1 Å². The molecule has 1 saturated carbocycles. The third kappa shape index (κ3) is 3.69. The van der Waals surface area contributed by atoms with Crippen molar-refractivity contribution in [2.75, 3.05) is 0 Å². The number of hydrogen-bond acceptors (Lipinski definition) is 5. The lowest BCUT2D eigenvalue weighted by molar-refractivity contribution is -0.137. The first-order valence-corrected chi connectivity index (χ1v) is 9.41. The first-order chi connectivity index (χ1) is 14.8. The maximum atomic E-state index is 13.2. The summed E-state index contributed by atoms with van der Waals surface area (Å²) < 4.78 is 41.0. The van der Waals surface area contributed by atoms with Crippen molar-refractivity contribution in [1.29, 1.82) is 0 Å². The van der Waals surface area contributed by atoms with Crippen LogP contribution in [-0.4, -0.2) is 35.7 Å². The van der Waals surface area contributed by atoms with Crippen LogP contribution in [0.1, 0.15) is 24.1 Å². The first-order valence-electron chi connectivity index (χ1n) is 9.41. The average Bonchev–Trinajstić information content (AvgIpc) is 3.35. The fourth-order valence-corrected chi connectivity index (χ4v) is 3.20. The molecule has 11 heteroatoms. The normalized spacial score (nSPS) is 15.8. The molecule has 0 aliphatic heterocycles. The highest BCUT2D eigenvalue weighted by Crippen LogP contribution is 2.31. The molecular weight excluding hydrogens is 413 g/mol. The molecule has 1 aliphatic rings. The number of aromatic hydroxyl groups is 1. The Hall–Kier alpha value is -3.89. The van der Waals surface area contributed by atoms with Gasteiger partial charge in [0.25, 0.3) is 0 Å². The lowest BCUT2D eigenvalue weighted by atomic mass is 10.1. The van der Waals surface area contributed by atoms with E-state index < -0.39 is 17.4 Å². The highest BCUT2D eigenvalue weighted by molar-refractivity contribution is 5.64. The number of imidazole rings is 1. The molecule has 4 aromatic rings. The minimum absolute atomic E-state index is 0.131. The Morgan fingerprint density at radius 2 is 2.03 bits per heavy atom. The summed E-state index contributed by atoms with van der Waals surface area (Å²) in [5.41, 5.74) is 0.160. The maximum absolute atomic E-state index is 13.2. The van der Waals surface area contributed by atoms with Crippen LogP contribution in [0.15, 0.2) is 46.3 Å². The Morgan fingerprint density at radius 3 is 2.71 bits per heavy atom. The van der Waals surface area contributed by atoms with Gasteiger partial charge in [-0.15, -0.1) is 0 Å². The van der Waals surface area contributed by atoms with E-state index in [9.17, 15) is 23.1 Å². The van der Waals surface area contributed by atoms with E-state index in [0.717, 1.165) is 25.0 Å². The number of fused-ring (bicyclic) bond motifs is 1. The summed E-state index contributed by atoms with van der Waals surface area (Å²) in [7, 11) is 0. The lowest BCUT2D eigenvalue weighted by Crippen LogP contribution is -2.19. The van der Waals surface area contributed by atoms with Gasteiger partial charge < -0.3 is 10.1 Å². The molecule has 0 saturated heterocycles. The van der Waals surface area contributed by atoms with Crippen molar-refractivity contribution in [3.8, 4) is 17.1 Å².